The molecule has 0 spiro atoms. The second kappa shape index (κ2) is 4.92. The Morgan fingerprint density at radius 1 is 1.21 bits per heavy atom. The summed E-state index contributed by atoms with van der Waals surface area (Å²) in [6.45, 7) is 1.70. The number of hydrogen-bond donors (Lipinski definition) is 2. The summed E-state index contributed by atoms with van der Waals surface area (Å²) < 4.78 is 0. The van der Waals surface area contributed by atoms with Gasteiger partial charge in [0.25, 0.3) is 0 Å². The highest BCUT2D eigenvalue weighted by Gasteiger charge is 2.32. The van der Waals surface area contributed by atoms with Crippen LogP contribution in [0, 0.1) is 0 Å². The number of para-hydroxylation sites is 1. The van der Waals surface area contributed by atoms with Gasteiger partial charge in [-0.2, -0.15) is 0 Å². The molecule has 2 atom stereocenters. The van der Waals surface area contributed by atoms with Gasteiger partial charge >= 0.3 is 0 Å². The van der Waals surface area contributed by atoms with Gasteiger partial charge in [-0.15, -0.1) is 0 Å². The minimum absolute atomic E-state index is 0.0336. The molecule has 1 amide bonds. The smallest absolute Gasteiger partial charge is 0.241 e. The molecule has 102 valence electrons. The number of carbonyl (C=O) groups is 1. The minimum Gasteiger partial charge on any atom is -0.389 e. The molecule has 0 bridgehead atoms. The number of carbonyl (C=O) groups excluding carboxylic acids is 1. The van der Waals surface area contributed by atoms with Crippen LogP contribution in [-0.4, -0.2) is 59.4 Å². The van der Waals surface area contributed by atoms with E-state index in [9.17, 15) is 15.0 Å². The first kappa shape index (κ1) is 12.6. The molecular weight excluding hydrogens is 244 g/mol. The number of anilines is 1. The van der Waals surface area contributed by atoms with E-state index in [2.05, 4.69) is 0 Å². The van der Waals surface area contributed by atoms with E-state index < -0.39 is 12.2 Å². The molecule has 1 aromatic rings. The van der Waals surface area contributed by atoms with Crippen LogP contribution in [0.3, 0.4) is 0 Å². The van der Waals surface area contributed by atoms with Crippen LogP contribution >= 0.6 is 0 Å². The molecule has 19 heavy (non-hydrogen) atoms. The van der Waals surface area contributed by atoms with E-state index in [-0.39, 0.29) is 12.5 Å². The van der Waals surface area contributed by atoms with Gasteiger partial charge in [-0.05, 0) is 18.1 Å². The zero-order valence-corrected chi connectivity index (χ0v) is 10.7. The van der Waals surface area contributed by atoms with Gasteiger partial charge in [0.05, 0.1) is 18.8 Å². The summed E-state index contributed by atoms with van der Waals surface area (Å²) in [4.78, 5) is 15.9. The molecule has 0 radical (unpaired) electrons. The number of benzene rings is 1. The number of rotatable bonds is 2. The summed E-state index contributed by atoms with van der Waals surface area (Å²) >= 11 is 0. The van der Waals surface area contributed by atoms with Gasteiger partial charge in [0.2, 0.25) is 5.91 Å². The minimum atomic E-state index is -0.737. The van der Waals surface area contributed by atoms with E-state index in [4.69, 9.17) is 0 Å². The molecule has 0 saturated carbocycles. The Morgan fingerprint density at radius 3 is 2.63 bits per heavy atom. The van der Waals surface area contributed by atoms with Gasteiger partial charge < -0.3 is 15.1 Å². The molecule has 2 heterocycles. The van der Waals surface area contributed by atoms with Crippen molar-refractivity contribution in [2.45, 2.75) is 18.6 Å². The summed E-state index contributed by atoms with van der Waals surface area (Å²) in [5.41, 5.74) is 2.20. The first-order chi connectivity index (χ1) is 9.15. The molecule has 0 aliphatic carbocycles. The molecule has 5 nitrogen and oxygen atoms in total. The lowest BCUT2D eigenvalue weighted by Gasteiger charge is -2.21. The van der Waals surface area contributed by atoms with Crippen molar-refractivity contribution in [3.05, 3.63) is 29.8 Å². The fourth-order valence-electron chi connectivity index (χ4n) is 2.85. The number of fused-ring (bicyclic) bond motifs is 1. The Hall–Kier alpha value is -1.43. The Bertz CT molecular complexity index is 481. The van der Waals surface area contributed by atoms with Crippen LogP contribution in [0.2, 0.25) is 0 Å². The van der Waals surface area contributed by atoms with Crippen LogP contribution < -0.4 is 4.90 Å². The maximum atomic E-state index is 12.3. The molecule has 2 unspecified atom stereocenters. The van der Waals surface area contributed by atoms with Gasteiger partial charge in [0.15, 0.2) is 0 Å². The average Bonchev–Trinajstić information content (AvgIpc) is 2.94. The summed E-state index contributed by atoms with van der Waals surface area (Å²) in [5, 5.41) is 19.0. The highest BCUT2D eigenvalue weighted by molar-refractivity contribution is 5.96. The Kier molecular flexibility index (Phi) is 3.26. The van der Waals surface area contributed by atoms with Crippen LogP contribution in [0.15, 0.2) is 24.3 Å². The molecule has 3 rings (SSSR count). The van der Waals surface area contributed by atoms with Crippen molar-refractivity contribution < 1.29 is 15.0 Å². The van der Waals surface area contributed by atoms with Crippen molar-refractivity contribution in [2.75, 3.05) is 31.1 Å². The van der Waals surface area contributed by atoms with E-state index in [1.165, 1.54) is 5.56 Å². The standard InChI is InChI=1S/C14H18N2O3/c17-12-7-15(8-13(12)18)9-14(19)16-6-5-10-3-1-2-4-11(10)16/h1-4,12-13,17-18H,5-9H2. The Labute approximate surface area is 112 Å². The second-order valence-corrected chi connectivity index (χ2v) is 5.25. The lowest BCUT2D eigenvalue weighted by Crippen LogP contribution is -2.39. The molecule has 1 aromatic carbocycles. The van der Waals surface area contributed by atoms with E-state index in [0.29, 0.717) is 13.1 Å². The SMILES string of the molecule is O=C(CN1CC(O)C(O)C1)N1CCc2ccccc21. The molecule has 2 aliphatic heterocycles. The number of hydrogen-bond acceptors (Lipinski definition) is 4. The zero-order chi connectivity index (χ0) is 13.4. The molecular formula is C14H18N2O3. The molecule has 2 aliphatic rings. The maximum absolute atomic E-state index is 12.3. The van der Waals surface area contributed by atoms with Crippen LogP contribution in [0.25, 0.3) is 0 Å². The van der Waals surface area contributed by atoms with Crippen molar-refractivity contribution >= 4 is 11.6 Å². The zero-order valence-electron chi connectivity index (χ0n) is 10.7. The van der Waals surface area contributed by atoms with Gasteiger partial charge in [-0.3, -0.25) is 9.69 Å². The van der Waals surface area contributed by atoms with E-state index in [1.54, 1.807) is 9.80 Å². The predicted octanol–water partition coefficient (Wildman–Crippen LogP) is -0.387. The van der Waals surface area contributed by atoms with Crippen LogP contribution in [0.5, 0.6) is 0 Å². The summed E-state index contributed by atoms with van der Waals surface area (Å²) in [7, 11) is 0. The third-order valence-electron chi connectivity index (χ3n) is 3.88. The number of likely N-dealkylation sites (tertiary alicyclic amines) is 1. The topological polar surface area (TPSA) is 64.0 Å². The number of aliphatic hydroxyl groups is 2. The van der Waals surface area contributed by atoms with Crippen molar-refractivity contribution in [1.29, 1.82) is 0 Å². The summed E-state index contributed by atoms with van der Waals surface area (Å²) in [5.74, 6) is 0.0336. The fourth-order valence-corrected chi connectivity index (χ4v) is 2.85. The Balaban J connectivity index is 1.66. The molecule has 1 fully saturated rings. The van der Waals surface area contributed by atoms with E-state index in [0.717, 1.165) is 18.7 Å². The second-order valence-electron chi connectivity index (χ2n) is 5.25. The molecule has 0 aromatic heterocycles. The van der Waals surface area contributed by atoms with Gasteiger partial charge in [-0.1, -0.05) is 18.2 Å². The van der Waals surface area contributed by atoms with Crippen LogP contribution in [0.1, 0.15) is 5.56 Å². The summed E-state index contributed by atoms with van der Waals surface area (Å²) in [6.07, 6.45) is -0.579. The average molecular weight is 262 g/mol. The van der Waals surface area contributed by atoms with Crippen molar-refractivity contribution in [2.24, 2.45) is 0 Å². The quantitative estimate of drug-likeness (QED) is 0.762. The highest BCUT2D eigenvalue weighted by Crippen LogP contribution is 2.27. The van der Waals surface area contributed by atoms with Gasteiger partial charge in [-0.25, -0.2) is 0 Å². The van der Waals surface area contributed by atoms with Crippen molar-refractivity contribution in [3.8, 4) is 0 Å². The van der Waals surface area contributed by atoms with Crippen molar-refractivity contribution in [3.63, 3.8) is 0 Å². The van der Waals surface area contributed by atoms with Gasteiger partial charge in [0.1, 0.15) is 0 Å². The number of amides is 1. The molecule has 5 heteroatoms. The maximum Gasteiger partial charge on any atom is 0.241 e. The van der Waals surface area contributed by atoms with Crippen LogP contribution in [-0.2, 0) is 11.2 Å². The van der Waals surface area contributed by atoms with E-state index >= 15 is 0 Å². The Morgan fingerprint density at radius 2 is 1.89 bits per heavy atom. The van der Waals surface area contributed by atoms with E-state index in [1.807, 2.05) is 24.3 Å². The highest BCUT2D eigenvalue weighted by atomic mass is 16.3. The first-order valence-electron chi connectivity index (χ1n) is 6.62. The predicted molar refractivity (Wildman–Crippen MR) is 71.0 cm³/mol. The lowest BCUT2D eigenvalue weighted by molar-refractivity contribution is -0.119. The fraction of sp³-hybridized carbons (Fsp3) is 0.500. The largest absolute Gasteiger partial charge is 0.389 e. The number of nitrogens with zero attached hydrogens (tertiary/aromatic N) is 2. The summed E-state index contributed by atoms with van der Waals surface area (Å²) in [6, 6.07) is 7.94. The van der Waals surface area contributed by atoms with Crippen LogP contribution in [0.4, 0.5) is 5.69 Å². The third-order valence-corrected chi connectivity index (χ3v) is 3.88. The van der Waals surface area contributed by atoms with Crippen molar-refractivity contribution in [1.82, 2.24) is 4.90 Å². The monoisotopic (exact) mass is 262 g/mol. The normalized spacial score (nSPS) is 26.7. The van der Waals surface area contributed by atoms with Gasteiger partial charge in [0, 0.05) is 25.3 Å². The molecule has 1 saturated heterocycles. The lowest BCUT2D eigenvalue weighted by atomic mass is 10.2. The third kappa shape index (κ3) is 2.36. The first-order valence-corrected chi connectivity index (χ1v) is 6.62. The number of aliphatic hydroxyl groups excluding tert-OH is 2. The molecule has 2 N–H and O–H groups in total. The number of β-amino-alcohol motifs (C(OH)–C–C–N with tert-alkyl or cyclic N) is 2.